The molecule has 3 N–H and O–H groups in total. The average Bonchev–Trinajstić information content (AvgIpc) is 3.55. The average molecular weight is 446 g/mol. The first-order valence-corrected chi connectivity index (χ1v) is 11.2. The number of anilines is 1. The predicted octanol–water partition coefficient (Wildman–Crippen LogP) is 3.50. The molecule has 9 heteroatoms. The van der Waals surface area contributed by atoms with Crippen LogP contribution in [0.3, 0.4) is 0 Å². The van der Waals surface area contributed by atoms with Crippen LogP contribution in [0.4, 0.5) is 5.82 Å². The number of nitrogens with one attached hydrogen (secondary N) is 3. The number of hydrogen-bond acceptors (Lipinski definition) is 8. The Morgan fingerprint density at radius 3 is 2.91 bits per heavy atom. The summed E-state index contributed by atoms with van der Waals surface area (Å²) in [5, 5.41) is 19.2. The highest BCUT2D eigenvalue weighted by Crippen LogP contribution is 2.32. The number of ketones is 1. The molecular weight excluding hydrogens is 418 g/mol. The Bertz CT molecular complexity index is 1300. The molecule has 0 aliphatic carbocycles. The Morgan fingerprint density at radius 2 is 2.15 bits per heavy atom. The van der Waals surface area contributed by atoms with Gasteiger partial charge in [0.15, 0.2) is 11.5 Å². The van der Waals surface area contributed by atoms with Crippen LogP contribution in [0.1, 0.15) is 49.3 Å². The van der Waals surface area contributed by atoms with Gasteiger partial charge in [-0.15, -0.1) is 0 Å². The summed E-state index contributed by atoms with van der Waals surface area (Å²) in [5.74, 6) is 1.19. The highest BCUT2D eigenvalue weighted by molar-refractivity contribution is 6.00. The van der Waals surface area contributed by atoms with Crippen molar-refractivity contribution in [3.63, 3.8) is 0 Å². The number of H-pyrrole nitrogens is 1. The third-order valence-corrected chi connectivity index (χ3v) is 5.78. The molecule has 1 fully saturated rings. The molecule has 0 saturated carbocycles. The van der Waals surface area contributed by atoms with Crippen LogP contribution in [-0.2, 0) is 11.8 Å². The number of benzene rings is 1. The number of carbonyl (C=O) groups excluding carboxylic acids is 1. The molecule has 3 aromatic heterocycles. The fourth-order valence-corrected chi connectivity index (χ4v) is 4.02. The van der Waals surface area contributed by atoms with E-state index in [0.717, 1.165) is 53.1 Å². The quantitative estimate of drug-likeness (QED) is 0.386. The maximum Gasteiger partial charge on any atom is 0.238 e. The molecule has 1 atom stereocenters. The van der Waals surface area contributed by atoms with Gasteiger partial charge in [0.1, 0.15) is 0 Å². The second-order valence-electron chi connectivity index (χ2n) is 9.46. The van der Waals surface area contributed by atoms with Crippen molar-refractivity contribution in [3.8, 4) is 11.1 Å². The first-order chi connectivity index (χ1) is 15.9. The van der Waals surface area contributed by atoms with Gasteiger partial charge in [0, 0.05) is 30.6 Å². The Hall–Kier alpha value is -3.59. The SMILES string of the molecule is CC(C)(C)c1nc(C(=O)Cc2cccc(-c3ccnc4[nH]nc(N[C@H]5CCNC5)c34)c2)no1. The van der Waals surface area contributed by atoms with E-state index in [1.807, 2.05) is 51.1 Å². The van der Waals surface area contributed by atoms with E-state index in [-0.39, 0.29) is 23.4 Å². The van der Waals surface area contributed by atoms with Gasteiger partial charge in [-0.2, -0.15) is 10.1 Å². The number of hydrogen-bond donors (Lipinski definition) is 3. The van der Waals surface area contributed by atoms with Gasteiger partial charge in [-0.1, -0.05) is 50.2 Å². The fourth-order valence-electron chi connectivity index (χ4n) is 4.02. The predicted molar refractivity (Wildman–Crippen MR) is 125 cm³/mol. The molecule has 4 aromatic rings. The lowest BCUT2D eigenvalue weighted by atomic mass is 9.97. The summed E-state index contributed by atoms with van der Waals surface area (Å²) < 4.78 is 5.28. The van der Waals surface area contributed by atoms with Gasteiger partial charge in [-0.05, 0) is 35.7 Å². The molecular formula is C24H27N7O2. The zero-order valence-electron chi connectivity index (χ0n) is 19.0. The smallest absolute Gasteiger partial charge is 0.238 e. The zero-order chi connectivity index (χ0) is 23.0. The van der Waals surface area contributed by atoms with Gasteiger partial charge in [-0.3, -0.25) is 9.89 Å². The van der Waals surface area contributed by atoms with Crippen molar-refractivity contribution in [1.82, 2.24) is 30.6 Å². The van der Waals surface area contributed by atoms with E-state index in [2.05, 4.69) is 36.0 Å². The Labute approximate surface area is 191 Å². The van der Waals surface area contributed by atoms with Gasteiger partial charge < -0.3 is 15.2 Å². The van der Waals surface area contributed by atoms with E-state index in [1.165, 1.54) is 0 Å². The van der Waals surface area contributed by atoms with E-state index < -0.39 is 0 Å². The number of aromatic nitrogens is 5. The molecule has 9 nitrogen and oxygen atoms in total. The van der Waals surface area contributed by atoms with Crippen molar-refractivity contribution in [1.29, 1.82) is 0 Å². The molecule has 1 aromatic carbocycles. The van der Waals surface area contributed by atoms with Crippen LogP contribution >= 0.6 is 0 Å². The second kappa shape index (κ2) is 8.40. The topological polar surface area (TPSA) is 122 Å². The molecule has 170 valence electrons. The molecule has 4 heterocycles. The molecule has 1 saturated heterocycles. The van der Waals surface area contributed by atoms with Crippen LogP contribution in [0.5, 0.6) is 0 Å². The van der Waals surface area contributed by atoms with E-state index in [4.69, 9.17) is 4.52 Å². The molecule has 33 heavy (non-hydrogen) atoms. The minimum atomic E-state index is -0.303. The number of pyridine rings is 1. The number of rotatable bonds is 6. The first-order valence-electron chi connectivity index (χ1n) is 11.2. The minimum absolute atomic E-state index is 0.114. The van der Waals surface area contributed by atoms with Crippen molar-refractivity contribution in [2.75, 3.05) is 18.4 Å². The lowest BCUT2D eigenvalue weighted by molar-refractivity contribution is 0.0980. The van der Waals surface area contributed by atoms with Gasteiger partial charge in [0.2, 0.25) is 17.5 Å². The Balaban J connectivity index is 1.43. The van der Waals surface area contributed by atoms with E-state index in [0.29, 0.717) is 11.9 Å². The standard InChI is InChI=1S/C24H27N7O2/c1-24(2,3)23-28-20(31-33-23)18(32)12-14-5-4-6-15(11-14)17-8-10-26-21-19(17)22(30-29-21)27-16-7-9-25-13-16/h4-6,8,10-11,16,25H,7,9,12-13H2,1-3H3,(H2,26,27,29,30)/t16-/m0/s1. The van der Waals surface area contributed by atoms with E-state index in [1.54, 1.807) is 6.20 Å². The number of nitrogens with zero attached hydrogens (tertiary/aromatic N) is 4. The molecule has 0 amide bonds. The van der Waals surface area contributed by atoms with Gasteiger partial charge in [0.05, 0.1) is 5.39 Å². The van der Waals surface area contributed by atoms with Crippen LogP contribution < -0.4 is 10.6 Å². The van der Waals surface area contributed by atoms with Gasteiger partial charge >= 0.3 is 0 Å². The van der Waals surface area contributed by atoms with Gasteiger partial charge in [0.25, 0.3) is 0 Å². The minimum Gasteiger partial charge on any atom is -0.364 e. The molecule has 1 aliphatic heterocycles. The summed E-state index contributed by atoms with van der Waals surface area (Å²) >= 11 is 0. The maximum atomic E-state index is 12.8. The Kier molecular flexibility index (Phi) is 5.41. The zero-order valence-corrected chi connectivity index (χ0v) is 19.0. The molecule has 1 aliphatic rings. The van der Waals surface area contributed by atoms with Crippen molar-refractivity contribution in [3.05, 3.63) is 53.8 Å². The summed E-state index contributed by atoms with van der Waals surface area (Å²) in [7, 11) is 0. The second-order valence-corrected chi connectivity index (χ2v) is 9.46. The molecule has 5 rings (SSSR count). The van der Waals surface area contributed by atoms with Crippen molar-refractivity contribution < 1.29 is 9.32 Å². The van der Waals surface area contributed by atoms with E-state index in [9.17, 15) is 4.79 Å². The first kappa shape index (κ1) is 21.3. The number of Topliss-reactive ketones (excluding diaryl/α,β-unsaturated/α-hetero) is 1. The monoisotopic (exact) mass is 445 g/mol. The van der Waals surface area contributed by atoms with Crippen LogP contribution in [0.15, 0.2) is 41.1 Å². The lowest BCUT2D eigenvalue weighted by Crippen LogP contribution is -2.22. The lowest BCUT2D eigenvalue weighted by Gasteiger charge is -2.12. The van der Waals surface area contributed by atoms with Crippen LogP contribution in [0.2, 0.25) is 0 Å². The highest BCUT2D eigenvalue weighted by Gasteiger charge is 2.24. The van der Waals surface area contributed by atoms with Crippen LogP contribution in [0, 0.1) is 0 Å². The summed E-state index contributed by atoms with van der Waals surface area (Å²) in [6.45, 7) is 7.81. The van der Waals surface area contributed by atoms with Crippen molar-refractivity contribution in [2.24, 2.45) is 0 Å². The van der Waals surface area contributed by atoms with E-state index >= 15 is 0 Å². The molecule has 0 spiro atoms. The van der Waals surface area contributed by atoms with Crippen LogP contribution in [0.25, 0.3) is 22.2 Å². The third kappa shape index (κ3) is 4.36. The Morgan fingerprint density at radius 1 is 1.27 bits per heavy atom. The summed E-state index contributed by atoms with van der Waals surface area (Å²) in [4.78, 5) is 21.5. The molecule has 0 bridgehead atoms. The maximum absolute atomic E-state index is 12.8. The van der Waals surface area contributed by atoms with Crippen molar-refractivity contribution in [2.45, 2.75) is 45.1 Å². The molecule has 0 unspecified atom stereocenters. The normalized spacial score (nSPS) is 16.4. The number of fused-ring (bicyclic) bond motifs is 1. The summed E-state index contributed by atoms with van der Waals surface area (Å²) in [6, 6.07) is 10.2. The molecule has 0 radical (unpaired) electrons. The van der Waals surface area contributed by atoms with Crippen molar-refractivity contribution >= 4 is 22.6 Å². The third-order valence-electron chi connectivity index (χ3n) is 5.78. The largest absolute Gasteiger partial charge is 0.364 e. The highest BCUT2D eigenvalue weighted by atomic mass is 16.5. The van der Waals surface area contributed by atoms with Gasteiger partial charge in [-0.25, -0.2) is 4.98 Å². The summed E-state index contributed by atoms with van der Waals surface area (Å²) in [6.07, 6.45) is 3.01. The number of carbonyl (C=O) groups is 1. The van der Waals surface area contributed by atoms with Crippen LogP contribution in [-0.4, -0.2) is 50.2 Å². The fraction of sp³-hybridized carbons (Fsp3) is 0.375. The number of aromatic amines is 1. The summed E-state index contributed by atoms with van der Waals surface area (Å²) in [5.41, 5.74) is 3.30.